The average Bonchev–Trinajstić information content (AvgIpc) is 2.58. The van der Waals surface area contributed by atoms with Crippen molar-refractivity contribution in [1.29, 1.82) is 0 Å². The van der Waals surface area contributed by atoms with Gasteiger partial charge >= 0.3 is 0 Å². The van der Waals surface area contributed by atoms with Crippen molar-refractivity contribution in [1.82, 2.24) is 9.80 Å². The van der Waals surface area contributed by atoms with Crippen LogP contribution in [0.4, 0.5) is 5.69 Å². The van der Waals surface area contributed by atoms with Crippen LogP contribution < -0.4 is 5.32 Å². The van der Waals surface area contributed by atoms with Gasteiger partial charge in [-0.15, -0.1) is 0 Å². The van der Waals surface area contributed by atoms with Crippen LogP contribution in [0.2, 0.25) is 5.02 Å². The van der Waals surface area contributed by atoms with Crippen LogP contribution in [0.25, 0.3) is 0 Å². The number of hydrogen-bond donors (Lipinski definition) is 1. The molecule has 0 spiro atoms. The standard InChI is InChI=1S/C20H24ClN3O/c1-16-5-4-7-18(13-16)22-20(25)15-24-11-9-23(10-12-24)14-17-6-2-3-8-19(17)21/h2-8,13H,9-12,14-15H2,1H3,(H,22,25). The summed E-state index contributed by atoms with van der Waals surface area (Å²) >= 11 is 6.24. The minimum absolute atomic E-state index is 0.0464. The minimum Gasteiger partial charge on any atom is -0.325 e. The van der Waals surface area contributed by atoms with Crippen molar-refractivity contribution in [3.63, 3.8) is 0 Å². The van der Waals surface area contributed by atoms with Gasteiger partial charge in [0.2, 0.25) is 5.91 Å². The van der Waals surface area contributed by atoms with Crippen LogP contribution >= 0.6 is 11.6 Å². The highest BCUT2D eigenvalue weighted by molar-refractivity contribution is 6.31. The van der Waals surface area contributed by atoms with Crippen molar-refractivity contribution in [2.75, 3.05) is 38.0 Å². The molecule has 0 radical (unpaired) electrons. The SMILES string of the molecule is Cc1cccc(NC(=O)CN2CCN(Cc3ccccc3Cl)CC2)c1. The summed E-state index contributed by atoms with van der Waals surface area (Å²) < 4.78 is 0. The fourth-order valence-corrected chi connectivity index (χ4v) is 3.29. The molecule has 0 saturated carbocycles. The highest BCUT2D eigenvalue weighted by Crippen LogP contribution is 2.18. The fraction of sp³-hybridized carbons (Fsp3) is 0.350. The van der Waals surface area contributed by atoms with Crippen LogP contribution in [-0.4, -0.2) is 48.4 Å². The molecule has 3 rings (SSSR count). The van der Waals surface area contributed by atoms with Gasteiger partial charge in [0.1, 0.15) is 0 Å². The summed E-state index contributed by atoms with van der Waals surface area (Å²) in [6.45, 7) is 7.01. The molecular formula is C20H24ClN3O. The molecule has 1 amide bonds. The van der Waals surface area contributed by atoms with Crippen LogP contribution in [0.1, 0.15) is 11.1 Å². The van der Waals surface area contributed by atoms with Gasteiger partial charge < -0.3 is 5.32 Å². The summed E-state index contributed by atoms with van der Waals surface area (Å²) in [6.07, 6.45) is 0. The van der Waals surface area contributed by atoms with Gasteiger partial charge in [0.25, 0.3) is 0 Å². The maximum absolute atomic E-state index is 12.2. The number of rotatable bonds is 5. The zero-order valence-corrected chi connectivity index (χ0v) is 15.3. The Morgan fingerprint density at radius 1 is 1.04 bits per heavy atom. The van der Waals surface area contributed by atoms with Crippen molar-refractivity contribution in [2.45, 2.75) is 13.5 Å². The molecule has 1 saturated heterocycles. The summed E-state index contributed by atoms with van der Waals surface area (Å²) in [5.41, 5.74) is 3.17. The highest BCUT2D eigenvalue weighted by Gasteiger charge is 2.19. The minimum atomic E-state index is 0.0464. The van der Waals surface area contributed by atoms with E-state index in [0.717, 1.165) is 54.6 Å². The number of hydrogen-bond acceptors (Lipinski definition) is 3. The van der Waals surface area contributed by atoms with Gasteiger partial charge in [-0.1, -0.05) is 41.9 Å². The van der Waals surface area contributed by atoms with Crippen LogP contribution in [0.5, 0.6) is 0 Å². The average molecular weight is 358 g/mol. The lowest BCUT2D eigenvalue weighted by Crippen LogP contribution is -2.48. The Kier molecular flexibility index (Phi) is 6.08. The van der Waals surface area contributed by atoms with E-state index in [1.807, 2.05) is 49.4 Å². The Labute approximate surface area is 154 Å². The summed E-state index contributed by atoms with van der Waals surface area (Å²) in [6, 6.07) is 15.9. The lowest BCUT2D eigenvalue weighted by molar-refractivity contribution is -0.117. The van der Waals surface area contributed by atoms with E-state index in [9.17, 15) is 4.79 Å². The molecule has 0 atom stereocenters. The lowest BCUT2D eigenvalue weighted by Gasteiger charge is -2.34. The fourth-order valence-electron chi connectivity index (χ4n) is 3.10. The number of nitrogens with one attached hydrogen (secondary N) is 1. The van der Waals surface area contributed by atoms with E-state index in [1.165, 1.54) is 0 Å². The topological polar surface area (TPSA) is 35.6 Å². The van der Waals surface area contributed by atoms with Crippen molar-refractivity contribution in [3.8, 4) is 0 Å². The molecule has 1 aliphatic heterocycles. The van der Waals surface area contributed by atoms with Crippen molar-refractivity contribution >= 4 is 23.2 Å². The number of carbonyl (C=O) groups excluding carboxylic acids is 1. The molecule has 25 heavy (non-hydrogen) atoms. The molecule has 1 heterocycles. The first-order valence-corrected chi connectivity index (χ1v) is 9.02. The molecule has 2 aromatic carbocycles. The maximum Gasteiger partial charge on any atom is 0.238 e. The number of amides is 1. The van der Waals surface area contributed by atoms with Gasteiger partial charge in [-0.2, -0.15) is 0 Å². The molecule has 2 aromatic rings. The van der Waals surface area contributed by atoms with Gasteiger partial charge in [0.05, 0.1) is 6.54 Å². The number of nitrogens with zero attached hydrogens (tertiary/aromatic N) is 2. The number of aryl methyl sites for hydroxylation is 1. The third-order valence-corrected chi connectivity index (χ3v) is 4.85. The Hall–Kier alpha value is -1.88. The van der Waals surface area contributed by atoms with Gasteiger partial charge in [-0.3, -0.25) is 14.6 Å². The highest BCUT2D eigenvalue weighted by atomic mass is 35.5. The summed E-state index contributed by atoms with van der Waals surface area (Å²) in [4.78, 5) is 16.8. The predicted octanol–water partition coefficient (Wildman–Crippen LogP) is 3.40. The van der Waals surface area contributed by atoms with Crippen LogP contribution in [-0.2, 0) is 11.3 Å². The third kappa shape index (κ3) is 5.30. The van der Waals surface area contributed by atoms with E-state index < -0.39 is 0 Å². The number of carbonyl (C=O) groups is 1. The Morgan fingerprint density at radius 3 is 2.48 bits per heavy atom. The zero-order chi connectivity index (χ0) is 17.6. The molecular weight excluding hydrogens is 334 g/mol. The Bertz CT molecular complexity index is 726. The molecule has 0 aliphatic carbocycles. The number of piperazine rings is 1. The normalized spacial score (nSPS) is 15.9. The molecule has 0 aromatic heterocycles. The predicted molar refractivity (Wildman–Crippen MR) is 103 cm³/mol. The molecule has 4 nitrogen and oxygen atoms in total. The van der Waals surface area contributed by atoms with Gasteiger partial charge in [-0.25, -0.2) is 0 Å². The smallest absolute Gasteiger partial charge is 0.238 e. The zero-order valence-electron chi connectivity index (χ0n) is 14.5. The summed E-state index contributed by atoms with van der Waals surface area (Å²) in [7, 11) is 0. The Morgan fingerprint density at radius 2 is 1.76 bits per heavy atom. The van der Waals surface area contributed by atoms with Crippen molar-refractivity contribution in [2.24, 2.45) is 0 Å². The second-order valence-electron chi connectivity index (χ2n) is 6.56. The van der Waals surface area contributed by atoms with Crippen LogP contribution in [0, 0.1) is 6.92 Å². The van der Waals surface area contributed by atoms with E-state index in [0.29, 0.717) is 6.54 Å². The third-order valence-electron chi connectivity index (χ3n) is 4.49. The van der Waals surface area contributed by atoms with Gasteiger partial charge in [0, 0.05) is 43.4 Å². The molecule has 132 valence electrons. The quantitative estimate of drug-likeness (QED) is 0.890. The number of halogens is 1. The van der Waals surface area contributed by atoms with Crippen molar-refractivity contribution in [3.05, 3.63) is 64.7 Å². The molecule has 5 heteroatoms. The second kappa shape index (κ2) is 8.48. The van der Waals surface area contributed by atoms with E-state index in [-0.39, 0.29) is 5.91 Å². The molecule has 1 aliphatic rings. The first-order valence-electron chi connectivity index (χ1n) is 8.65. The van der Waals surface area contributed by atoms with Gasteiger partial charge in [0.15, 0.2) is 0 Å². The molecule has 0 bridgehead atoms. The van der Waals surface area contributed by atoms with Gasteiger partial charge in [-0.05, 0) is 36.2 Å². The van der Waals surface area contributed by atoms with E-state index >= 15 is 0 Å². The molecule has 1 fully saturated rings. The molecule has 1 N–H and O–H groups in total. The van der Waals surface area contributed by atoms with E-state index in [2.05, 4.69) is 21.2 Å². The van der Waals surface area contributed by atoms with Crippen LogP contribution in [0.15, 0.2) is 48.5 Å². The summed E-state index contributed by atoms with van der Waals surface area (Å²) in [5.74, 6) is 0.0464. The first-order chi connectivity index (χ1) is 12.1. The van der Waals surface area contributed by atoms with E-state index in [1.54, 1.807) is 0 Å². The number of benzene rings is 2. The van der Waals surface area contributed by atoms with Crippen LogP contribution in [0.3, 0.4) is 0 Å². The largest absolute Gasteiger partial charge is 0.325 e. The first kappa shape index (κ1) is 17.9. The lowest BCUT2D eigenvalue weighted by atomic mass is 10.2. The summed E-state index contributed by atoms with van der Waals surface area (Å²) in [5, 5.41) is 3.80. The second-order valence-corrected chi connectivity index (χ2v) is 6.97. The maximum atomic E-state index is 12.2. The van der Waals surface area contributed by atoms with Crippen molar-refractivity contribution < 1.29 is 4.79 Å². The number of anilines is 1. The Balaban J connectivity index is 1.44. The molecule has 0 unspecified atom stereocenters. The monoisotopic (exact) mass is 357 g/mol. The van der Waals surface area contributed by atoms with E-state index in [4.69, 9.17) is 11.6 Å².